The lowest BCUT2D eigenvalue weighted by atomic mass is 10.00. The van der Waals surface area contributed by atoms with E-state index < -0.39 is 41.6 Å². The van der Waals surface area contributed by atoms with Gasteiger partial charge >= 0.3 is 12.1 Å². The minimum absolute atomic E-state index is 0.0188. The number of unbranched alkanes of at least 4 members (excludes halogenated alkanes) is 5. The van der Waals surface area contributed by atoms with Crippen molar-refractivity contribution in [1.82, 2.24) is 15.5 Å². The molecule has 2 unspecified atom stereocenters. The number of nitrogens with zero attached hydrogens (tertiary/aromatic N) is 1. The molecule has 2 atom stereocenters. The van der Waals surface area contributed by atoms with Crippen LogP contribution in [0.5, 0.6) is 0 Å². The van der Waals surface area contributed by atoms with E-state index in [1.54, 1.807) is 33.8 Å². The number of benzene rings is 1. The molecule has 0 aliphatic carbocycles. The second kappa shape index (κ2) is 18.6. The molecule has 1 aromatic carbocycles. The number of aryl methyl sites for hydroxylation is 1. The van der Waals surface area contributed by atoms with E-state index in [1.807, 2.05) is 25.1 Å². The Bertz CT molecular complexity index is 950. The average molecular weight is 580 g/mol. The van der Waals surface area contributed by atoms with Crippen molar-refractivity contribution < 1.29 is 28.7 Å². The van der Waals surface area contributed by atoms with E-state index >= 15 is 0 Å². The van der Waals surface area contributed by atoms with Crippen LogP contribution in [-0.4, -0.2) is 65.9 Å². The molecule has 3 amide bonds. The minimum atomic E-state index is -1.00. The first-order chi connectivity index (χ1) is 18.9. The fourth-order valence-electron chi connectivity index (χ4n) is 4.20. The van der Waals surface area contributed by atoms with E-state index in [-0.39, 0.29) is 25.3 Å². The lowest BCUT2D eigenvalue weighted by molar-refractivity contribution is -0.144. The van der Waals surface area contributed by atoms with E-state index in [0.717, 1.165) is 37.7 Å². The van der Waals surface area contributed by atoms with Gasteiger partial charge in [0.2, 0.25) is 11.8 Å². The molecule has 226 valence electrons. The number of rotatable bonds is 17. The molecule has 1 rings (SSSR count). The van der Waals surface area contributed by atoms with Gasteiger partial charge in [0.1, 0.15) is 17.7 Å². The van der Waals surface area contributed by atoms with Crippen molar-refractivity contribution in [3.63, 3.8) is 0 Å². The van der Waals surface area contributed by atoms with Crippen LogP contribution in [0, 0.1) is 6.92 Å². The van der Waals surface area contributed by atoms with Gasteiger partial charge in [-0.3, -0.25) is 14.4 Å². The zero-order chi connectivity index (χ0) is 30.1. The predicted molar refractivity (Wildman–Crippen MR) is 160 cm³/mol. The topological polar surface area (TPSA) is 114 Å². The third-order valence-electron chi connectivity index (χ3n) is 6.06. The molecule has 10 heteroatoms. The van der Waals surface area contributed by atoms with Crippen molar-refractivity contribution in [1.29, 1.82) is 0 Å². The molecule has 0 saturated heterocycles. The standard InChI is InChI=1S/C30H49N3O6S/c1-7-9-10-11-12-13-19-33(28(36)24(21-40)32-29(37)39-30(4,5)6)26(23-16-14-15-22(3)20-23)27(35)31-18-17-25(34)38-8-2/h14-16,20,24,26,40H,7-13,17-19,21H2,1-6H3,(H,31,35)(H,32,37). The van der Waals surface area contributed by atoms with Crippen molar-refractivity contribution in [2.24, 2.45) is 0 Å². The van der Waals surface area contributed by atoms with Gasteiger partial charge in [0.25, 0.3) is 0 Å². The Hall–Kier alpha value is -2.75. The molecule has 0 fully saturated rings. The first kappa shape index (κ1) is 35.3. The van der Waals surface area contributed by atoms with E-state index in [2.05, 4.69) is 30.2 Å². The molecule has 0 heterocycles. The second-order valence-electron chi connectivity index (χ2n) is 10.8. The first-order valence-electron chi connectivity index (χ1n) is 14.3. The molecular formula is C30H49N3O6S. The number of carbonyl (C=O) groups is 4. The molecule has 2 N–H and O–H groups in total. The average Bonchev–Trinajstić information content (AvgIpc) is 2.87. The van der Waals surface area contributed by atoms with Crippen LogP contribution in [0.4, 0.5) is 4.79 Å². The molecule has 40 heavy (non-hydrogen) atoms. The van der Waals surface area contributed by atoms with Crippen molar-refractivity contribution in [3.8, 4) is 0 Å². The molecule has 0 bridgehead atoms. The summed E-state index contributed by atoms with van der Waals surface area (Å²) in [5.74, 6) is -1.23. The number of esters is 1. The smallest absolute Gasteiger partial charge is 0.408 e. The van der Waals surface area contributed by atoms with Gasteiger partial charge in [0.15, 0.2) is 0 Å². The fourth-order valence-corrected chi connectivity index (χ4v) is 4.44. The van der Waals surface area contributed by atoms with Gasteiger partial charge in [0.05, 0.1) is 13.0 Å². The van der Waals surface area contributed by atoms with Crippen molar-refractivity contribution in [2.45, 2.75) is 104 Å². The summed E-state index contributed by atoms with van der Waals surface area (Å²) in [7, 11) is 0. The van der Waals surface area contributed by atoms with Crippen LogP contribution in [0.15, 0.2) is 24.3 Å². The highest BCUT2D eigenvalue weighted by Gasteiger charge is 2.35. The fraction of sp³-hybridized carbons (Fsp3) is 0.667. The van der Waals surface area contributed by atoms with Gasteiger partial charge < -0.3 is 25.0 Å². The summed E-state index contributed by atoms with van der Waals surface area (Å²) in [5, 5.41) is 5.44. The maximum absolute atomic E-state index is 14.0. The maximum Gasteiger partial charge on any atom is 0.408 e. The number of hydrogen-bond donors (Lipinski definition) is 3. The Morgan fingerprint density at radius 3 is 2.30 bits per heavy atom. The third kappa shape index (κ3) is 13.5. The van der Waals surface area contributed by atoms with Gasteiger partial charge in [-0.2, -0.15) is 12.6 Å². The zero-order valence-corrected chi connectivity index (χ0v) is 26.0. The third-order valence-corrected chi connectivity index (χ3v) is 6.42. The van der Waals surface area contributed by atoms with Crippen LogP contribution in [-0.2, 0) is 23.9 Å². The number of amides is 3. The van der Waals surface area contributed by atoms with Crippen LogP contribution >= 0.6 is 12.6 Å². The summed E-state index contributed by atoms with van der Waals surface area (Å²) >= 11 is 4.34. The number of thiol groups is 1. The Morgan fingerprint density at radius 1 is 1.02 bits per heavy atom. The Balaban J connectivity index is 3.30. The predicted octanol–water partition coefficient (Wildman–Crippen LogP) is 5.12. The molecule has 0 radical (unpaired) electrons. The number of carbonyl (C=O) groups excluding carboxylic acids is 4. The van der Waals surface area contributed by atoms with Crippen LogP contribution in [0.3, 0.4) is 0 Å². The summed E-state index contributed by atoms with van der Waals surface area (Å²) in [4.78, 5) is 53.5. The summed E-state index contributed by atoms with van der Waals surface area (Å²) in [6.45, 7) is 11.7. The molecule has 9 nitrogen and oxygen atoms in total. The van der Waals surface area contributed by atoms with Crippen molar-refractivity contribution >= 4 is 36.5 Å². The highest BCUT2D eigenvalue weighted by atomic mass is 32.1. The Kier molecular flexibility index (Phi) is 16.4. The summed E-state index contributed by atoms with van der Waals surface area (Å²) < 4.78 is 10.3. The zero-order valence-electron chi connectivity index (χ0n) is 25.1. The van der Waals surface area contributed by atoms with Crippen molar-refractivity contribution in [3.05, 3.63) is 35.4 Å². The maximum atomic E-state index is 14.0. The van der Waals surface area contributed by atoms with Gasteiger partial charge in [-0.1, -0.05) is 68.9 Å². The van der Waals surface area contributed by atoms with E-state index in [4.69, 9.17) is 9.47 Å². The summed E-state index contributed by atoms with van der Waals surface area (Å²) in [6.07, 6.45) is 5.31. The minimum Gasteiger partial charge on any atom is -0.466 e. The first-order valence-corrected chi connectivity index (χ1v) is 15.0. The van der Waals surface area contributed by atoms with Crippen LogP contribution in [0.1, 0.15) is 96.7 Å². The number of nitrogens with one attached hydrogen (secondary N) is 2. The lowest BCUT2D eigenvalue weighted by Crippen LogP contribution is -2.54. The Morgan fingerprint density at radius 2 is 1.70 bits per heavy atom. The van der Waals surface area contributed by atoms with Gasteiger partial charge in [0, 0.05) is 18.8 Å². The molecule has 0 spiro atoms. The quantitative estimate of drug-likeness (QED) is 0.134. The van der Waals surface area contributed by atoms with Crippen LogP contribution < -0.4 is 10.6 Å². The van der Waals surface area contributed by atoms with Gasteiger partial charge in [-0.05, 0) is 46.6 Å². The van der Waals surface area contributed by atoms with Gasteiger partial charge in [-0.25, -0.2) is 4.79 Å². The largest absolute Gasteiger partial charge is 0.466 e. The number of ether oxygens (including phenoxy) is 2. The molecule has 0 aromatic heterocycles. The monoisotopic (exact) mass is 579 g/mol. The number of alkyl carbamates (subject to hydrolysis) is 1. The summed E-state index contributed by atoms with van der Waals surface area (Å²) in [6, 6.07) is 5.46. The summed E-state index contributed by atoms with van der Waals surface area (Å²) in [5.41, 5.74) is 0.838. The van der Waals surface area contributed by atoms with E-state index in [0.29, 0.717) is 18.5 Å². The van der Waals surface area contributed by atoms with Crippen molar-refractivity contribution in [2.75, 3.05) is 25.4 Å². The molecule has 0 saturated carbocycles. The highest BCUT2D eigenvalue weighted by Crippen LogP contribution is 2.25. The molecule has 1 aromatic rings. The molecule has 0 aliphatic rings. The number of hydrogen-bond acceptors (Lipinski definition) is 7. The second-order valence-corrected chi connectivity index (χ2v) is 11.2. The highest BCUT2D eigenvalue weighted by molar-refractivity contribution is 7.80. The van der Waals surface area contributed by atoms with Gasteiger partial charge in [-0.15, -0.1) is 0 Å². The SMILES string of the molecule is CCCCCCCCN(C(=O)C(CS)NC(=O)OC(C)(C)C)C(C(=O)NCCC(=O)OCC)c1cccc(C)c1. The molecule has 0 aliphatic heterocycles. The molecular weight excluding hydrogens is 530 g/mol. The van der Waals surface area contributed by atoms with E-state index in [1.165, 1.54) is 4.90 Å². The van der Waals surface area contributed by atoms with Crippen LogP contribution in [0.25, 0.3) is 0 Å². The Labute approximate surface area is 245 Å². The van der Waals surface area contributed by atoms with Crippen LogP contribution in [0.2, 0.25) is 0 Å². The lowest BCUT2D eigenvalue weighted by Gasteiger charge is -2.34. The normalized spacial score (nSPS) is 12.7. The van der Waals surface area contributed by atoms with E-state index in [9.17, 15) is 19.2 Å².